The van der Waals surface area contributed by atoms with Crippen LogP contribution in [0.2, 0.25) is 0 Å². The molecule has 2 N–H and O–H groups in total. The van der Waals surface area contributed by atoms with E-state index < -0.39 is 0 Å². The number of nitrogens with zero attached hydrogens (tertiary/aromatic N) is 4. The maximum absolute atomic E-state index is 5.93. The maximum atomic E-state index is 5.93. The van der Waals surface area contributed by atoms with Crippen LogP contribution in [0.3, 0.4) is 0 Å². The number of aromatic nitrogens is 4. The molecular weight excluding hydrogens is 342 g/mol. The molecule has 0 radical (unpaired) electrons. The molecule has 26 heavy (non-hydrogen) atoms. The van der Waals surface area contributed by atoms with Crippen LogP contribution in [0.25, 0.3) is 22.3 Å². The molecule has 0 aliphatic rings. The van der Waals surface area contributed by atoms with Gasteiger partial charge in [0.2, 0.25) is 0 Å². The highest BCUT2D eigenvalue weighted by atomic mass is 32.1. The van der Waals surface area contributed by atoms with E-state index in [9.17, 15) is 0 Å². The van der Waals surface area contributed by atoms with Gasteiger partial charge in [-0.3, -0.25) is 0 Å². The Hall–Kier alpha value is -3.30. The van der Waals surface area contributed by atoms with Crippen molar-refractivity contribution in [1.29, 1.82) is 0 Å². The first kappa shape index (κ1) is 16.2. The van der Waals surface area contributed by atoms with Crippen molar-refractivity contribution in [2.24, 2.45) is 0 Å². The van der Waals surface area contributed by atoms with Crippen LogP contribution in [0.15, 0.2) is 54.3 Å². The molecule has 0 amide bonds. The first-order valence-corrected chi connectivity index (χ1v) is 8.97. The summed E-state index contributed by atoms with van der Waals surface area (Å²) in [6, 6.07) is 9.71. The zero-order chi connectivity index (χ0) is 17.9. The maximum Gasteiger partial charge on any atom is 0.159 e. The van der Waals surface area contributed by atoms with E-state index in [2.05, 4.69) is 38.7 Å². The van der Waals surface area contributed by atoms with E-state index in [1.165, 1.54) is 0 Å². The topological polar surface area (TPSA) is 77.6 Å². The lowest BCUT2D eigenvalue weighted by Gasteiger charge is -2.04. The van der Waals surface area contributed by atoms with Crippen molar-refractivity contribution in [2.75, 3.05) is 5.73 Å². The molecule has 5 nitrogen and oxygen atoms in total. The Morgan fingerprint density at radius 3 is 2.88 bits per heavy atom. The lowest BCUT2D eigenvalue weighted by atomic mass is 10.1. The van der Waals surface area contributed by atoms with Gasteiger partial charge >= 0.3 is 0 Å². The van der Waals surface area contributed by atoms with Crippen LogP contribution >= 0.6 is 11.3 Å². The van der Waals surface area contributed by atoms with Crippen molar-refractivity contribution >= 4 is 28.1 Å². The van der Waals surface area contributed by atoms with Gasteiger partial charge in [0, 0.05) is 40.5 Å². The van der Waals surface area contributed by atoms with Crippen LogP contribution in [0.4, 0.5) is 5.82 Å². The van der Waals surface area contributed by atoms with Gasteiger partial charge < -0.3 is 5.73 Å². The van der Waals surface area contributed by atoms with Crippen molar-refractivity contribution < 1.29 is 0 Å². The zero-order valence-corrected chi connectivity index (χ0v) is 14.9. The predicted octanol–water partition coefficient (Wildman–Crippen LogP) is 3.89. The molecule has 6 heteroatoms. The van der Waals surface area contributed by atoms with Crippen LogP contribution in [0, 0.1) is 11.8 Å². The Morgan fingerprint density at radius 2 is 2.04 bits per heavy atom. The molecule has 3 heterocycles. The Balaban J connectivity index is 1.67. The van der Waals surface area contributed by atoms with Gasteiger partial charge in [-0.2, -0.15) is 0 Å². The Labute approximate surface area is 155 Å². The average molecular weight is 357 g/mol. The largest absolute Gasteiger partial charge is 0.382 e. The van der Waals surface area contributed by atoms with Crippen molar-refractivity contribution in [3.63, 3.8) is 0 Å². The van der Waals surface area contributed by atoms with Gasteiger partial charge in [0.15, 0.2) is 5.82 Å². The fraction of sp³-hybridized carbons (Fsp3) is 0.100. The molecule has 0 saturated heterocycles. The molecule has 126 valence electrons. The molecule has 0 fully saturated rings. The Kier molecular flexibility index (Phi) is 4.30. The highest BCUT2D eigenvalue weighted by Gasteiger charge is 2.07. The molecule has 1 atom stereocenters. The number of nitrogen functional groups attached to an aromatic ring is 1. The number of fused-ring (bicyclic) bond motifs is 1. The lowest BCUT2D eigenvalue weighted by molar-refractivity contribution is 0.978. The SMILES string of the molecule is C[C@@H](C#Cc1cccc(-c2ncc3ccnc(N)c3n2)c1)c1nccs1. The Bertz CT molecular complexity index is 1130. The van der Waals surface area contributed by atoms with Gasteiger partial charge in [-0.15, -0.1) is 11.3 Å². The molecule has 0 bridgehead atoms. The third-order valence-corrected chi connectivity index (χ3v) is 4.86. The smallest absolute Gasteiger partial charge is 0.159 e. The summed E-state index contributed by atoms with van der Waals surface area (Å²) in [6.45, 7) is 2.05. The van der Waals surface area contributed by atoms with Gasteiger partial charge in [0.05, 0.1) is 5.92 Å². The summed E-state index contributed by atoms with van der Waals surface area (Å²) in [6.07, 6.45) is 5.22. The van der Waals surface area contributed by atoms with E-state index in [4.69, 9.17) is 5.73 Å². The van der Waals surface area contributed by atoms with E-state index in [1.807, 2.05) is 35.7 Å². The molecule has 0 aliphatic heterocycles. The van der Waals surface area contributed by atoms with E-state index in [1.54, 1.807) is 29.9 Å². The summed E-state index contributed by atoms with van der Waals surface area (Å²) in [4.78, 5) is 17.4. The number of rotatable bonds is 2. The van der Waals surface area contributed by atoms with Crippen LogP contribution in [-0.4, -0.2) is 19.9 Å². The highest BCUT2D eigenvalue weighted by molar-refractivity contribution is 7.09. The van der Waals surface area contributed by atoms with E-state index in [0.717, 1.165) is 21.5 Å². The Morgan fingerprint density at radius 1 is 1.12 bits per heavy atom. The second-order valence-corrected chi connectivity index (χ2v) is 6.70. The zero-order valence-electron chi connectivity index (χ0n) is 14.0. The fourth-order valence-corrected chi connectivity index (χ4v) is 3.20. The molecule has 4 aromatic rings. The number of benzene rings is 1. The lowest BCUT2D eigenvalue weighted by Crippen LogP contribution is -1.96. The first-order valence-electron chi connectivity index (χ1n) is 8.09. The summed E-state index contributed by atoms with van der Waals surface area (Å²) in [5.74, 6) is 7.57. The minimum Gasteiger partial charge on any atom is -0.382 e. The quantitative estimate of drug-likeness (QED) is 0.551. The summed E-state index contributed by atoms with van der Waals surface area (Å²) < 4.78 is 0. The van der Waals surface area contributed by atoms with E-state index in [-0.39, 0.29) is 5.92 Å². The van der Waals surface area contributed by atoms with Crippen molar-refractivity contribution in [3.8, 4) is 23.2 Å². The van der Waals surface area contributed by atoms with Crippen LogP contribution in [0.1, 0.15) is 23.4 Å². The van der Waals surface area contributed by atoms with Crippen LogP contribution in [-0.2, 0) is 0 Å². The minimum absolute atomic E-state index is 0.0986. The first-order chi connectivity index (χ1) is 12.7. The summed E-state index contributed by atoms with van der Waals surface area (Å²) in [5, 5.41) is 3.86. The number of thiazole rings is 1. The number of pyridine rings is 1. The predicted molar refractivity (Wildman–Crippen MR) is 105 cm³/mol. The molecule has 1 aromatic carbocycles. The second kappa shape index (κ2) is 6.90. The van der Waals surface area contributed by atoms with Gasteiger partial charge in [-0.05, 0) is 25.1 Å². The van der Waals surface area contributed by atoms with Crippen molar-refractivity contribution in [1.82, 2.24) is 19.9 Å². The minimum atomic E-state index is 0.0986. The van der Waals surface area contributed by atoms with Crippen LogP contribution < -0.4 is 5.73 Å². The molecule has 3 aromatic heterocycles. The normalized spacial score (nSPS) is 11.7. The molecule has 0 saturated carbocycles. The monoisotopic (exact) mass is 357 g/mol. The van der Waals surface area contributed by atoms with E-state index >= 15 is 0 Å². The number of hydrogen-bond acceptors (Lipinski definition) is 6. The van der Waals surface area contributed by atoms with Crippen molar-refractivity contribution in [3.05, 3.63) is 64.9 Å². The van der Waals surface area contributed by atoms with E-state index in [0.29, 0.717) is 17.2 Å². The van der Waals surface area contributed by atoms with Gasteiger partial charge in [0.25, 0.3) is 0 Å². The van der Waals surface area contributed by atoms with Crippen molar-refractivity contribution in [2.45, 2.75) is 12.8 Å². The number of hydrogen-bond donors (Lipinski definition) is 1. The fourth-order valence-electron chi connectivity index (χ4n) is 2.55. The van der Waals surface area contributed by atoms with Gasteiger partial charge in [0.1, 0.15) is 16.3 Å². The van der Waals surface area contributed by atoms with Crippen LogP contribution in [0.5, 0.6) is 0 Å². The number of anilines is 1. The number of nitrogens with two attached hydrogens (primary N) is 1. The summed E-state index contributed by atoms with van der Waals surface area (Å²) >= 11 is 1.62. The van der Waals surface area contributed by atoms with Gasteiger partial charge in [-0.25, -0.2) is 19.9 Å². The second-order valence-electron chi connectivity index (χ2n) is 5.77. The molecule has 0 aliphatic carbocycles. The van der Waals surface area contributed by atoms with Gasteiger partial charge in [-0.1, -0.05) is 24.0 Å². The standard InChI is InChI=1S/C20H15N5S/c1-13(20-23-9-10-26-20)5-6-14-3-2-4-15(11-14)19-24-12-16-7-8-22-18(21)17(16)25-19/h2-4,7-13H,1H3,(H2,21,22)/t13-/m0/s1. The molecule has 0 unspecified atom stereocenters. The summed E-state index contributed by atoms with van der Waals surface area (Å²) in [5.41, 5.74) is 8.39. The third kappa shape index (κ3) is 3.25. The highest BCUT2D eigenvalue weighted by Crippen LogP contribution is 2.22. The summed E-state index contributed by atoms with van der Waals surface area (Å²) in [7, 11) is 0. The molecular formula is C20H15N5S. The average Bonchev–Trinajstić information content (AvgIpc) is 3.21. The third-order valence-electron chi connectivity index (χ3n) is 3.90. The molecule has 4 rings (SSSR count). The molecule has 0 spiro atoms.